The molecule has 72 valence electrons. The van der Waals surface area contributed by atoms with Gasteiger partial charge in [0.05, 0.1) is 12.1 Å². The molecule has 0 saturated heterocycles. The third-order valence-electron chi connectivity index (χ3n) is 2.19. The van der Waals surface area contributed by atoms with E-state index < -0.39 is 0 Å². The average molecular weight is 207 g/mol. The van der Waals surface area contributed by atoms with Crippen molar-refractivity contribution in [1.82, 2.24) is 4.57 Å². The van der Waals surface area contributed by atoms with Crippen molar-refractivity contribution >= 4 is 28.2 Å². The number of nitrogens with two attached hydrogens (primary N) is 1. The van der Waals surface area contributed by atoms with Crippen LogP contribution in [0.3, 0.4) is 0 Å². The first-order chi connectivity index (χ1) is 6.68. The quantitative estimate of drug-likeness (QED) is 0.753. The molecule has 2 N–H and O–H groups in total. The minimum absolute atomic E-state index is 0.616. The standard InChI is InChI=1S/C11H11ClN2/c1-8(12)7-14-6-5-9-10(13)3-2-4-11(9)14/h2-6H,1,7,13H2. The van der Waals surface area contributed by atoms with Gasteiger partial charge in [0.15, 0.2) is 0 Å². The largest absolute Gasteiger partial charge is 0.398 e. The first-order valence-corrected chi connectivity index (χ1v) is 4.73. The van der Waals surface area contributed by atoms with Crippen LogP contribution in [0.4, 0.5) is 5.69 Å². The average Bonchev–Trinajstić information content (AvgIpc) is 2.49. The Kier molecular flexibility index (Phi) is 2.22. The van der Waals surface area contributed by atoms with E-state index in [-0.39, 0.29) is 0 Å². The van der Waals surface area contributed by atoms with E-state index >= 15 is 0 Å². The fourth-order valence-electron chi connectivity index (χ4n) is 1.57. The number of aromatic nitrogens is 1. The molecule has 0 amide bonds. The zero-order valence-corrected chi connectivity index (χ0v) is 8.46. The van der Waals surface area contributed by atoms with Gasteiger partial charge in [0.1, 0.15) is 0 Å². The summed E-state index contributed by atoms with van der Waals surface area (Å²) in [5, 5.41) is 1.68. The lowest BCUT2D eigenvalue weighted by molar-refractivity contribution is 0.853. The van der Waals surface area contributed by atoms with Crippen molar-refractivity contribution in [3.8, 4) is 0 Å². The molecule has 1 heterocycles. The number of nitrogens with zero attached hydrogens (tertiary/aromatic N) is 1. The fourth-order valence-corrected chi connectivity index (χ4v) is 1.70. The molecule has 14 heavy (non-hydrogen) atoms. The van der Waals surface area contributed by atoms with E-state index in [1.807, 2.05) is 35.0 Å². The van der Waals surface area contributed by atoms with Gasteiger partial charge in [-0.15, -0.1) is 0 Å². The van der Waals surface area contributed by atoms with Crippen LogP contribution in [-0.2, 0) is 6.54 Å². The highest BCUT2D eigenvalue weighted by Gasteiger charge is 2.02. The third kappa shape index (κ3) is 1.49. The normalized spacial score (nSPS) is 10.6. The van der Waals surface area contributed by atoms with Crippen molar-refractivity contribution in [1.29, 1.82) is 0 Å². The van der Waals surface area contributed by atoms with Crippen molar-refractivity contribution in [2.75, 3.05) is 5.73 Å². The summed E-state index contributed by atoms with van der Waals surface area (Å²) in [6.45, 7) is 4.29. The van der Waals surface area contributed by atoms with Gasteiger partial charge in [-0.3, -0.25) is 0 Å². The number of nitrogen functional groups attached to an aromatic ring is 1. The number of allylic oxidation sites excluding steroid dienone is 1. The first kappa shape index (κ1) is 9.16. The van der Waals surface area contributed by atoms with Crippen LogP contribution in [0.1, 0.15) is 0 Å². The monoisotopic (exact) mass is 206 g/mol. The Hall–Kier alpha value is -1.41. The van der Waals surface area contributed by atoms with Gasteiger partial charge in [-0.25, -0.2) is 0 Å². The molecule has 1 aromatic heterocycles. The van der Waals surface area contributed by atoms with Crippen LogP contribution in [0.5, 0.6) is 0 Å². The van der Waals surface area contributed by atoms with Crippen LogP contribution >= 0.6 is 11.6 Å². The van der Waals surface area contributed by atoms with Gasteiger partial charge in [0.25, 0.3) is 0 Å². The molecule has 0 unspecified atom stereocenters. The minimum Gasteiger partial charge on any atom is -0.398 e. The van der Waals surface area contributed by atoms with Crippen molar-refractivity contribution < 1.29 is 0 Å². The van der Waals surface area contributed by atoms with E-state index in [4.69, 9.17) is 17.3 Å². The lowest BCUT2D eigenvalue weighted by Gasteiger charge is -2.03. The highest BCUT2D eigenvalue weighted by Crippen LogP contribution is 2.22. The van der Waals surface area contributed by atoms with Gasteiger partial charge in [-0.2, -0.15) is 0 Å². The highest BCUT2D eigenvalue weighted by molar-refractivity contribution is 6.29. The van der Waals surface area contributed by atoms with E-state index in [1.54, 1.807) is 0 Å². The molecular formula is C11H11ClN2. The SMILES string of the molecule is C=C(Cl)Cn1ccc2c(N)cccc21. The molecule has 0 bridgehead atoms. The summed E-state index contributed by atoms with van der Waals surface area (Å²) in [5.41, 5.74) is 7.71. The van der Waals surface area contributed by atoms with Gasteiger partial charge >= 0.3 is 0 Å². The summed E-state index contributed by atoms with van der Waals surface area (Å²) >= 11 is 5.76. The number of halogens is 1. The van der Waals surface area contributed by atoms with Crippen LogP contribution in [-0.4, -0.2) is 4.57 Å². The third-order valence-corrected chi connectivity index (χ3v) is 2.31. The molecule has 2 rings (SSSR count). The Bertz CT molecular complexity index is 485. The fraction of sp³-hybridized carbons (Fsp3) is 0.0909. The Balaban J connectivity index is 2.58. The molecule has 0 aliphatic carbocycles. The summed E-state index contributed by atoms with van der Waals surface area (Å²) in [4.78, 5) is 0. The predicted octanol–water partition coefficient (Wildman–Crippen LogP) is 2.98. The van der Waals surface area contributed by atoms with Crippen molar-refractivity contribution in [3.63, 3.8) is 0 Å². The van der Waals surface area contributed by atoms with Crippen LogP contribution in [0, 0.1) is 0 Å². The van der Waals surface area contributed by atoms with Gasteiger partial charge in [0, 0.05) is 22.3 Å². The molecule has 0 fully saturated rings. The second-order valence-corrected chi connectivity index (χ2v) is 3.78. The molecule has 3 heteroatoms. The number of benzene rings is 1. The summed E-state index contributed by atoms with van der Waals surface area (Å²) in [5.74, 6) is 0. The summed E-state index contributed by atoms with van der Waals surface area (Å²) in [7, 11) is 0. The van der Waals surface area contributed by atoms with Gasteiger partial charge in [0.2, 0.25) is 0 Å². The predicted molar refractivity (Wildman–Crippen MR) is 61.3 cm³/mol. The van der Waals surface area contributed by atoms with Crippen LogP contribution in [0.2, 0.25) is 0 Å². The molecule has 0 radical (unpaired) electrons. The Labute approximate surface area is 87.6 Å². The van der Waals surface area contributed by atoms with E-state index in [0.29, 0.717) is 11.6 Å². The van der Waals surface area contributed by atoms with Crippen LogP contribution in [0.25, 0.3) is 10.9 Å². The lowest BCUT2D eigenvalue weighted by Crippen LogP contribution is -1.95. The zero-order valence-electron chi connectivity index (χ0n) is 7.70. The maximum Gasteiger partial charge on any atom is 0.0577 e. The van der Waals surface area contributed by atoms with Crippen LogP contribution < -0.4 is 5.73 Å². The summed E-state index contributed by atoms with van der Waals surface area (Å²) in [6, 6.07) is 7.84. The van der Waals surface area contributed by atoms with E-state index in [9.17, 15) is 0 Å². The minimum atomic E-state index is 0.616. The number of hydrogen-bond donors (Lipinski definition) is 1. The Morgan fingerprint density at radius 1 is 1.43 bits per heavy atom. The Morgan fingerprint density at radius 3 is 2.93 bits per heavy atom. The zero-order chi connectivity index (χ0) is 10.1. The second kappa shape index (κ2) is 3.39. The second-order valence-electron chi connectivity index (χ2n) is 3.24. The van der Waals surface area contributed by atoms with Crippen LogP contribution in [0.15, 0.2) is 42.1 Å². The highest BCUT2D eigenvalue weighted by atomic mass is 35.5. The molecule has 2 aromatic rings. The molecule has 2 nitrogen and oxygen atoms in total. The van der Waals surface area contributed by atoms with Gasteiger partial charge < -0.3 is 10.3 Å². The molecule has 1 aromatic carbocycles. The summed E-state index contributed by atoms with van der Waals surface area (Å²) < 4.78 is 2.03. The molecule has 0 aliphatic rings. The first-order valence-electron chi connectivity index (χ1n) is 4.35. The van der Waals surface area contributed by atoms with E-state index in [0.717, 1.165) is 16.6 Å². The molecule has 0 spiro atoms. The van der Waals surface area contributed by atoms with Gasteiger partial charge in [-0.1, -0.05) is 24.2 Å². The maximum atomic E-state index is 5.83. The van der Waals surface area contributed by atoms with Crippen molar-refractivity contribution in [3.05, 3.63) is 42.1 Å². The molecular weight excluding hydrogens is 196 g/mol. The number of rotatable bonds is 2. The number of hydrogen-bond acceptors (Lipinski definition) is 1. The topological polar surface area (TPSA) is 30.9 Å². The lowest BCUT2D eigenvalue weighted by atomic mass is 10.2. The molecule has 0 aliphatic heterocycles. The molecule has 0 atom stereocenters. The maximum absolute atomic E-state index is 5.83. The van der Waals surface area contributed by atoms with Crippen molar-refractivity contribution in [2.45, 2.75) is 6.54 Å². The van der Waals surface area contributed by atoms with E-state index in [1.165, 1.54) is 0 Å². The molecule has 0 saturated carbocycles. The smallest absolute Gasteiger partial charge is 0.0577 e. The van der Waals surface area contributed by atoms with E-state index in [2.05, 4.69) is 6.58 Å². The van der Waals surface area contributed by atoms with Crippen molar-refractivity contribution in [2.24, 2.45) is 0 Å². The number of anilines is 1. The number of fused-ring (bicyclic) bond motifs is 1. The Morgan fingerprint density at radius 2 is 2.21 bits per heavy atom. The summed E-state index contributed by atoms with van der Waals surface area (Å²) in [6.07, 6.45) is 1.97. The van der Waals surface area contributed by atoms with Gasteiger partial charge in [-0.05, 0) is 18.2 Å².